The Bertz CT molecular complexity index is 2080. The first-order valence-electron chi connectivity index (χ1n) is 15.1. The molecule has 0 nitrogen and oxygen atoms in total. The number of hydrogen-bond donors (Lipinski definition) is 0. The van der Waals surface area contributed by atoms with E-state index in [9.17, 15) is 0 Å². The van der Waals surface area contributed by atoms with E-state index >= 15 is 8.78 Å². The van der Waals surface area contributed by atoms with Crippen LogP contribution in [0.2, 0.25) is 0 Å². The Kier molecular flexibility index (Phi) is 9.61. The number of halogens is 6. The molecule has 7 rings (SSSR count). The van der Waals surface area contributed by atoms with Gasteiger partial charge in [-0.05, 0) is 101 Å². The van der Waals surface area contributed by atoms with Crippen LogP contribution in [0.4, 0.5) is 8.78 Å². The van der Waals surface area contributed by atoms with E-state index in [0.29, 0.717) is 20.1 Å². The molecule has 7 aromatic rings. The van der Waals surface area contributed by atoms with Gasteiger partial charge in [0, 0.05) is 31.2 Å². The second-order valence-corrected chi connectivity index (χ2v) is 14.5. The lowest BCUT2D eigenvalue weighted by Gasteiger charge is -2.20. The Morgan fingerprint density at radius 1 is 0.312 bits per heavy atom. The van der Waals surface area contributed by atoms with Crippen LogP contribution in [0.1, 0.15) is 0 Å². The molecule has 0 aromatic heterocycles. The van der Waals surface area contributed by atoms with Gasteiger partial charge in [-0.25, -0.2) is 8.78 Å². The second-order valence-electron chi connectivity index (χ2n) is 11.2. The van der Waals surface area contributed by atoms with Crippen LogP contribution in [0, 0.1) is 11.6 Å². The van der Waals surface area contributed by atoms with Gasteiger partial charge in [0.15, 0.2) is 0 Å². The van der Waals surface area contributed by atoms with Gasteiger partial charge in [0.05, 0.1) is 8.95 Å². The summed E-state index contributed by atoms with van der Waals surface area (Å²) in [7, 11) is 0. The first-order valence-corrected chi connectivity index (χ1v) is 18.3. The fourth-order valence-electron chi connectivity index (χ4n) is 6.06. The van der Waals surface area contributed by atoms with Gasteiger partial charge in [-0.1, -0.05) is 153 Å². The van der Waals surface area contributed by atoms with E-state index in [-0.39, 0.29) is 20.1 Å². The number of hydrogen-bond acceptors (Lipinski definition) is 0. The fourth-order valence-corrected chi connectivity index (χ4v) is 8.32. The predicted octanol–water partition coefficient (Wildman–Crippen LogP) is 15.0. The summed E-state index contributed by atoms with van der Waals surface area (Å²) >= 11 is 14.4. The molecule has 0 aliphatic heterocycles. The molecular weight excluding hydrogens is 862 g/mol. The van der Waals surface area contributed by atoms with E-state index in [1.54, 1.807) is 0 Å². The summed E-state index contributed by atoms with van der Waals surface area (Å²) in [6, 6.07) is 47.7. The van der Waals surface area contributed by atoms with Gasteiger partial charge in [0.25, 0.3) is 0 Å². The normalized spacial score (nSPS) is 11.1. The Balaban J connectivity index is 1.45. The van der Waals surface area contributed by atoms with Gasteiger partial charge in [-0.15, -0.1) is 0 Å². The van der Waals surface area contributed by atoms with Crippen LogP contribution in [0.5, 0.6) is 0 Å². The number of benzene rings is 7. The third-order valence-electron chi connectivity index (χ3n) is 8.36. The molecule has 0 fully saturated rings. The first-order chi connectivity index (χ1) is 23.3. The Labute approximate surface area is 312 Å². The van der Waals surface area contributed by atoms with Crippen LogP contribution in [0.3, 0.4) is 0 Å². The molecule has 48 heavy (non-hydrogen) atoms. The molecule has 7 aromatic carbocycles. The van der Waals surface area contributed by atoms with Crippen molar-refractivity contribution in [3.63, 3.8) is 0 Å². The first kappa shape index (κ1) is 32.8. The van der Waals surface area contributed by atoms with Crippen molar-refractivity contribution in [3.05, 3.63) is 175 Å². The predicted molar refractivity (Wildman–Crippen MR) is 210 cm³/mol. The highest BCUT2D eigenvalue weighted by molar-refractivity contribution is 9.11. The summed E-state index contributed by atoms with van der Waals surface area (Å²) in [5, 5.41) is 0. The minimum absolute atomic E-state index is 0.0330. The van der Waals surface area contributed by atoms with Crippen LogP contribution >= 0.6 is 63.7 Å². The third kappa shape index (κ3) is 6.16. The zero-order valence-electron chi connectivity index (χ0n) is 25.1. The standard InChI is InChI=1S/C42H24Br4F2/c43-35-23-31(27-17-9-3-10-18-27)29(25-13-5-1-6-14-25)21-33(35)37-39(45)42(48)38(40(46)41(37)47)34-22-30(26-15-7-2-8-16-26)32(24-36(34)44)28-19-11-4-12-20-28/h1-24H. The van der Waals surface area contributed by atoms with Crippen LogP contribution < -0.4 is 0 Å². The maximum Gasteiger partial charge on any atom is 0.147 e. The molecule has 0 aliphatic carbocycles. The molecule has 0 aliphatic rings. The van der Waals surface area contributed by atoms with Gasteiger partial charge in [0.1, 0.15) is 11.6 Å². The minimum atomic E-state index is -0.578. The van der Waals surface area contributed by atoms with Crippen molar-refractivity contribution in [3.8, 4) is 66.8 Å². The summed E-state index contributed by atoms with van der Waals surface area (Å²) in [6.07, 6.45) is 0. The lowest BCUT2D eigenvalue weighted by Crippen LogP contribution is -2.00. The van der Waals surface area contributed by atoms with E-state index < -0.39 is 11.6 Å². The third-order valence-corrected chi connectivity index (χ3v) is 11.2. The van der Waals surface area contributed by atoms with E-state index in [2.05, 4.69) is 63.7 Å². The van der Waals surface area contributed by atoms with Crippen LogP contribution in [0.25, 0.3) is 66.8 Å². The molecule has 234 valence electrons. The van der Waals surface area contributed by atoms with Gasteiger partial charge in [-0.2, -0.15) is 0 Å². The molecule has 0 amide bonds. The lowest BCUT2D eigenvalue weighted by molar-refractivity contribution is 0.595. The van der Waals surface area contributed by atoms with Gasteiger partial charge in [0.2, 0.25) is 0 Å². The maximum atomic E-state index is 16.8. The molecule has 0 saturated carbocycles. The highest BCUT2D eigenvalue weighted by atomic mass is 79.9. The zero-order chi connectivity index (χ0) is 33.4. The smallest absolute Gasteiger partial charge is 0.147 e. The molecule has 0 N–H and O–H groups in total. The maximum absolute atomic E-state index is 16.8. The highest BCUT2D eigenvalue weighted by Crippen LogP contribution is 2.50. The van der Waals surface area contributed by atoms with Crippen molar-refractivity contribution in [1.29, 1.82) is 0 Å². The summed E-state index contributed by atoms with van der Waals surface area (Å²) in [4.78, 5) is 0. The molecule has 0 bridgehead atoms. The molecule has 0 spiro atoms. The van der Waals surface area contributed by atoms with Crippen molar-refractivity contribution in [2.75, 3.05) is 0 Å². The SMILES string of the molecule is Fc1c(Br)c(-c2cc(-c3ccccc3)c(-c3ccccc3)cc2Br)c(F)c(Br)c1-c1cc(-c2ccccc2)c(-c2ccccc2)cc1Br. The van der Waals surface area contributed by atoms with Gasteiger partial charge >= 0.3 is 0 Å². The summed E-state index contributed by atoms with van der Waals surface area (Å²) in [6.45, 7) is 0. The molecule has 0 saturated heterocycles. The Morgan fingerprint density at radius 3 is 0.833 bits per heavy atom. The summed E-state index contributed by atoms with van der Waals surface area (Å²) in [5.41, 5.74) is 8.99. The van der Waals surface area contributed by atoms with Crippen molar-refractivity contribution in [2.45, 2.75) is 0 Å². The van der Waals surface area contributed by atoms with Crippen LogP contribution in [0.15, 0.2) is 163 Å². The van der Waals surface area contributed by atoms with E-state index in [1.165, 1.54) is 0 Å². The fraction of sp³-hybridized carbons (Fsp3) is 0. The zero-order valence-corrected chi connectivity index (χ0v) is 31.5. The Morgan fingerprint density at radius 2 is 0.562 bits per heavy atom. The second kappa shape index (κ2) is 14.0. The van der Waals surface area contributed by atoms with E-state index in [1.807, 2.05) is 146 Å². The minimum Gasteiger partial charge on any atom is -0.205 e. The molecule has 0 heterocycles. The largest absolute Gasteiger partial charge is 0.205 e. The van der Waals surface area contributed by atoms with E-state index in [4.69, 9.17) is 0 Å². The molecule has 0 radical (unpaired) electrons. The van der Waals surface area contributed by atoms with Crippen molar-refractivity contribution in [1.82, 2.24) is 0 Å². The quantitative estimate of drug-likeness (QED) is 0.146. The van der Waals surface area contributed by atoms with Crippen molar-refractivity contribution >= 4 is 63.7 Å². The topological polar surface area (TPSA) is 0 Å². The molecule has 6 heteroatoms. The summed E-state index contributed by atoms with van der Waals surface area (Å²) in [5.74, 6) is -1.16. The molecule has 0 unspecified atom stereocenters. The molecule has 0 atom stereocenters. The van der Waals surface area contributed by atoms with Gasteiger partial charge < -0.3 is 0 Å². The average molecular weight is 886 g/mol. The van der Waals surface area contributed by atoms with Crippen molar-refractivity contribution in [2.24, 2.45) is 0 Å². The van der Waals surface area contributed by atoms with E-state index in [0.717, 1.165) is 44.5 Å². The summed E-state index contributed by atoms with van der Waals surface area (Å²) < 4.78 is 35.0. The van der Waals surface area contributed by atoms with Crippen LogP contribution in [-0.2, 0) is 0 Å². The van der Waals surface area contributed by atoms with Gasteiger partial charge in [-0.3, -0.25) is 0 Å². The monoisotopic (exact) mass is 882 g/mol. The highest BCUT2D eigenvalue weighted by Gasteiger charge is 2.28. The number of rotatable bonds is 6. The van der Waals surface area contributed by atoms with Crippen molar-refractivity contribution < 1.29 is 8.78 Å². The lowest BCUT2D eigenvalue weighted by atomic mass is 9.89. The molecular formula is C42H24Br4F2. The average Bonchev–Trinajstić information content (AvgIpc) is 3.13. The van der Waals surface area contributed by atoms with Crippen LogP contribution in [-0.4, -0.2) is 0 Å². The Hall–Kier alpha value is -3.68.